The van der Waals surface area contributed by atoms with Crippen LogP contribution in [0.5, 0.6) is 0 Å². The van der Waals surface area contributed by atoms with Gasteiger partial charge in [0.25, 0.3) is 0 Å². The molecular formula is C16H20ClN5O2. The first-order valence-electron chi connectivity index (χ1n) is 7.93. The van der Waals surface area contributed by atoms with Gasteiger partial charge >= 0.3 is 0 Å². The molecule has 1 atom stereocenters. The maximum Gasteiger partial charge on any atom is 0.242 e. The van der Waals surface area contributed by atoms with Crippen molar-refractivity contribution in [2.45, 2.75) is 25.7 Å². The van der Waals surface area contributed by atoms with Crippen molar-refractivity contribution >= 4 is 23.3 Å². The Kier molecular flexibility index (Phi) is 4.99. The van der Waals surface area contributed by atoms with E-state index in [2.05, 4.69) is 15.1 Å². The van der Waals surface area contributed by atoms with E-state index in [-0.39, 0.29) is 18.4 Å². The highest BCUT2D eigenvalue weighted by molar-refractivity contribution is 6.30. The average Bonchev–Trinajstić information content (AvgIpc) is 3.02. The molecule has 2 aromatic heterocycles. The van der Waals surface area contributed by atoms with Gasteiger partial charge < -0.3 is 14.3 Å². The zero-order valence-corrected chi connectivity index (χ0v) is 14.5. The second-order valence-corrected chi connectivity index (χ2v) is 6.49. The van der Waals surface area contributed by atoms with Gasteiger partial charge in [0.05, 0.1) is 17.5 Å². The third kappa shape index (κ3) is 3.84. The number of hydrogen-bond acceptors (Lipinski definition) is 6. The van der Waals surface area contributed by atoms with Crippen LogP contribution in [0.1, 0.15) is 30.5 Å². The molecule has 128 valence electrons. The second-order valence-electron chi connectivity index (χ2n) is 6.05. The number of aryl methyl sites for hydroxylation is 1. The summed E-state index contributed by atoms with van der Waals surface area (Å²) in [5.74, 6) is 2.15. The number of likely N-dealkylation sites (tertiary alicyclic amines) is 1. The van der Waals surface area contributed by atoms with E-state index in [0.29, 0.717) is 29.1 Å². The molecule has 0 aromatic carbocycles. The minimum absolute atomic E-state index is 0.0650. The van der Waals surface area contributed by atoms with Crippen molar-refractivity contribution in [1.82, 2.24) is 20.0 Å². The van der Waals surface area contributed by atoms with E-state index in [0.717, 1.165) is 19.4 Å². The molecule has 1 fully saturated rings. The first kappa shape index (κ1) is 16.7. The molecule has 7 nitrogen and oxygen atoms in total. The van der Waals surface area contributed by atoms with Crippen molar-refractivity contribution < 1.29 is 9.32 Å². The van der Waals surface area contributed by atoms with Crippen molar-refractivity contribution in [2.24, 2.45) is 0 Å². The minimum Gasteiger partial charge on any atom is -0.350 e. The number of pyridine rings is 1. The summed E-state index contributed by atoms with van der Waals surface area (Å²) in [6.07, 6.45) is 3.47. The van der Waals surface area contributed by atoms with Crippen LogP contribution in [0, 0.1) is 6.92 Å². The summed E-state index contributed by atoms with van der Waals surface area (Å²) in [7, 11) is 1.84. The Morgan fingerprint density at radius 1 is 1.50 bits per heavy atom. The molecule has 0 unspecified atom stereocenters. The fraction of sp³-hybridized carbons (Fsp3) is 0.500. The van der Waals surface area contributed by atoms with Gasteiger partial charge in [-0.25, -0.2) is 4.98 Å². The molecule has 0 saturated carbocycles. The van der Waals surface area contributed by atoms with Crippen molar-refractivity contribution in [3.63, 3.8) is 0 Å². The number of amides is 1. The van der Waals surface area contributed by atoms with Crippen molar-refractivity contribution in [3.05, 3.63) is 35.1 Å². The number of aromatic nitrogens is 3. The van der Waals surface area contributed by atoms with Crippen LogP contribution in [0.2, 0.25) is 5.02 Å². The van der Waals surface area contributed by atoms with Gasteiger partial charge in [0.15, 0.2) is 5.82 Å². The highest BCUT2D eigenvalue weighted by Gasteiger charge is 2.28. The molecule has 1 amide bonds. The maximum atomic E-state index is 12.6. The lowest BCUT2D eigenvalue weighted by atomic mass is 9.98. The Morgan fingerprint density at radius 2 is 2.33 bits per heavy atom. The third-order valence-electron chi connectivity index (χ3n) is 4.14. The number of anilines is 1. The summed E-state index contributed by atoms with van der Waals surface area (Å²) in [4.78, 5) is 24.8. The van der Waals surface area contributed by atoms with Crippen LogP contribution in [0.15, 0.2) is 22.9 Å². The van der Waals surface area contributed by atoms with E-state index in [9.17, 15) is 4.79 Å². The fourth-order valence-corrected chi connectivity index (χ4v) is 2.97. The van der Waals surface area contributed by atoms with Crippen LogP contribution < -0.4 is 4.90 Å². The SMILES string of the molecule is Cc1noc([C@H]2CCCN(C(=O)CN(C)c3ccc(Cl)cn3)C2)n1. The average molecular weight is 350 g/mol. The molecule has 1 saturated heterocycles. The molecule has 0 spiro atoms. The Balaban J connectivity index is 1.60. The Labute approximate surface area is 145 Å². The summed E-state index contributed by atoms with van der Waals surface area (Å²) in [6.45, 7) is 3.43. The number of carbonyl (C=O) groups is 1. The predicted molar refractivity (Wildman–Crippen MR) is 90.1 cm³/mol. The molecule has 0 bridgehead atoms. The number of piperidine rings is 1. The summed E-state index contributed by atoms with van der Waals surface area (Å²) >= 11 is 5.84. The largest absolute Gasteiger partial charge is 0.350 e. The lowest BCUT2D eigenvalue weighted by molar-refractivity contribution is -0.131. The van der Waals surface area contributed by atoms with Crippen LogP contribution in [0.4, 0.5) is 5.82 Å². The topological polar surface area (TPSA) is 75.4 Å². The van der Waals surface area contributed by atoms with E-state index < -0.39 is 0 Å². The first-order valence-corrected chi connectivity index (χ1v) is 8.31. The number of halogens is 1. The molecule has 0 N–H and O–H groups in total. The molecule has 1 aliphatic heterocycles. The number of nitrogens with zero attached hydrogens (tertiary/aromatic N) is 5. The molecule has 3 heterocycles. The third-order valence-corrected chi connectivity index (χ3v) is 4.37. The van der Waals surface area contributed by atoms with Gasteiger partial charge in [-0.2, -0.15) is 4.98 Å². The highest BCUT2D eigenvalue weighted by Crippen LogP contribution is 2.26. The number of hydrogen-bond donors (Lipinski definition) is 0. The zero-order valence-electron chi connectivity index (χ0n) is 13.8. The molecule has 0 aliphatic carbocycles. The van der Waals surface area contributed by atoms with Gasteiger partial charge in [-0.3, -0.25) is 4.79 Å². The monoisotopic (exact) mass is 349 g/mol. The van der Waals surface area contributed by atoms with Crippen molar-refractivity contribution in [3.8, 4) is 0 Å². The quantitative estimate of drug-likeness (QED) is 0.842. The molecule has 2 aromatic rings. The summed E-state index contributed by atoms with van der Waals surface area (Å²) in [5, 5.41) is 4.42. The van der Waals surface area contributed by atoms with Crippen LogP contribution in [0.3, 0.4) is 0 Å². The predicted octanol–water partition coefficient (Wildman–Crippen LogP) is 2.27. The van der Waals surface area contributed by atoms with Gasteiger partial charge in [-0.1, -0.05) is 16.8 Å². The smallest absolute Gasteiger partial charge is 0.242 e. The molecule has 3 rings (SSSR count). The standard InChI is InChI=1S/C16H20ClN5O2/c1-11-19-16(24-20-11)12-4-3-7-22(9-12)15(23)10-21(2)14-6-5-13(17)8-18-14/h5-6,8,12H,3-4,7,9-10H2,1-2H3/t12-/m0/s1. The molecular weight excluding hydrogens is 330 g/mol. The molecule has 0 radical (unpaired) electrons. The lowest BCUT2D eigenvalue weighted by Crippen LogP contribution is -2.44. The summed E-state index contributed by atoms with van der Waals surface area (Å²) < 4.78 is 5.26. The normalized spacial score (nSPS) is 17.8. The maximum absolute atomic E-state index is 12.6. The van der Waals surface area contributed by atoms with Gasteiger partial charge in [0.2, 0.25) is 11.8 Å². The summed E-state index contributed by atoms with van der Waals surface area (Å²) in [5.41, 5.74) is 0. The zero-order chi connectivity index (χ0) is 17.1. The van der Waals surface area contributed by atoms with Gasteiger partial charge in [-0.05, 0) is 31.9 Å². The van der Waals surface area contributed by atoms with Gasteiger partial charge in [0.1, 0.15) is 5.82 Å². The fourth-order valence-electron chi connectivity index (χ4n) is 2.86. The van der Waals surface area contributed by atoms with Crippen LogP contribution >= 0.6 is 11.6 Å². The Morgan fingerprint density at radius 3 is 3.00 bits per heavy atom. The van der Waals surface area contributed by atoms with Crippen molar-refractivity contribution in [2.75, 3.05) is 31.6 Å². The summed E-state index contributed by atoms with van der Waals surface area (Å²) in [6, 6.07) is 3.57. The van der Waals surface area contributed by atoms with Crippen LogP contribution in [0.25, 0.3) is 0 Å². The Hall–Kier alpha value is -2.15. The molecule has 1 aliphatic rings. The van der Waals surface area contributed by atoms with E-state index in [1.165, 1.54) is 0 Å². The van der Waals surface area contributed by atoms with Crippen LogP contribution in [-0.2, 0) is 4.79 Å². The first-order chi connectivity index (χ1) is 11.5. The minimum atomic E-state index is 0.0650. The molecule has 8 heteroatoms. The van der Waals surface area contributed by atoms with Crippen molar-refractivity contribution in [1.29, 1.82) is 0 Å². The van der Waals surface area contributed by atoms with E-state index in [1.807, 2.05) is 16.8 Å². The van der Waals surface area contributed by atoms with E-state index >= 15 is 0 Å². The lowest BCUT2D eigenvalue weighted by Gasteiger charge is -2.32. The van der Waals surface area contributed by atoms with E-state index in [4.69, 9.17) is 16.1 Å². The second kappa shape index (κ2) is 7.17. The van der Waals surface area contributed by atoms with Gasteiger partial charge in [0, 0.05) is 26.3 Å². The van der Waals surface area contributed by atoms with Gasteiger partial charge in [-0.15, -0.1) is 0 Å². The highest BCUT2D eigenvalue weighted by atomic mass is 35.5. The molecule has 24 heavy (non-hydrogen) atoms. The number of likely N-dealkylation sites (N-methyl/N-ethyl adjacent to an activating group) is 1. The number of rotatable bonds is 4. The number of carbonyl (C=O) groups excluding carboxylic acids is 1. The van der Waals surface area contributed by atoms with E-state index in [1.54, 1.807) is 25.3 Å². The van der Waals surface area contributed by atoms with Crippen LogP contribution in [-0.4, -0.2) is 52.6 Å². The Bertz CT molecular complexity index is 703.